The highest BCUT2D eigenvalue weighted by molar-refractivity contribution is 7.07. The van der Waals surface area contributed by atoms with Crippen LogP contribution in [0.25, 0.3) is 0 Å². The van der Waals surface area contributed by atoms with E-state index in [4.69, 9.17) is 0 Å². The van der Waals surface area contributed by atoms with Gasteiger partial charge < -0.3 is 10.4 Å². The van der Waals surface area contributed by atoms with Crippen LogP contribution in [0, 0.1) is 6.92 Å². The Morgan fingerprint density at radius 2 is 2.16 bits per heavy atom. The number of aliphatic hydroxyl groups is 1. The van der Waals surface area contributed by atoms with Crippen molar-refractivity contribution in [3.05, 3.63) is 46.5 Å². The fourth-order valence-corrected chi connectivity index (χ4v) is 2.26. The number of rotatable bonds is 5. The van der Waals surface area contributed by atoms with Gasteiger partial charge in [0.15, 0.2) is 0 Å². The van der Waals surface area contributed by atoms with Crippen LogP contribution in [0.3, 0.4) is 0 Å². The second kappa shape index (κ2) is 6.40. The molecular formula is C13H15N3O2S. The molecule has 1 aromatic heterocycles. The number of aromatic nitrogens is 2. The molecule has 0 aliphatic rings. The van der Waals surface area contributed by atoms with Crippen LogP contribution in [-0.4, -0.2) is 27.1 Å². The summed E-state index contributed by atoms with van der Waals surface area (Å²) in [6, 6.07) is 9.39. The summed E-state index contributed by atoms with van der Waals surface area (Å²) >= 11 is 1.08. The van der Waals surface area contributed by atoms with Crippen molar-refractivity contribution < 1.29 is 9.90 Å². The first-order valence-electron chi connectivity index (χ1n) is 5.98. The predicted molar refractivity (Wildman–Crippen MR) is 73.0 cm³/mol. The van der Waals surface area contributed by atoms with E-state index in [1.54, 1.807) is 6.92 Å². The molecule has 0 unspecified atom stereocenters. The zero-order valence-corrected chi connectivity index (χ0v) is 11.4. The molecule has 6 heteroatoms. The number of nitrogens with one attached hydrogen (secondary N) is 1. The lowest BCUT2D eigenvalue weighted by Gasteiger charge is -2.11. The number of amides is 1. The van der Waals surface area contributed by atoms with Gasteiger partial charge in [0.25, 0.3) is 5.91 Å². The van der Waals surface area contributed by atoms with E-state index in [2.05, 4.69) is 14.9 Å². The summed E-state index contributed by atoms with van der Waals surface area (Å²) in [7, 11) is 0. The Balaban J connectivity index is 1.81. The number of carbonyl (C=O) groups excluding carboxylic acids is 1. The Kier molecular flexibility index (Phi) is 4.59. The smallest absolute Gasteiger partial charge is 0.264 e. The molecule has 0 saturated carbocycles. The van der Waals surface area contributed by atoms with Crippen LogP contribution in [-0.2, 0) is 0 Å². The maximum absolute atomic E-state index is 11.8. The first-order valence-corrected chi connectivity index (χ1v) is 6.76. The van der Waals surface area contributed by atoms with Crippen LogP contribution in [0.2, 0.25) is 0 Å². The van der Waals surface area contributed by atoms with Gasteiger partial charge in [-0.15, -0.1) is 5.10 Å². The first kappa shape index (κ1) is 13.6. The van der Waals surface area contributed by atoms with Crippen molar-refractivity contribution in [2.45, 2.75) is 19.4 Å². The summed E-state index contributed by atoms with van der Waals surface area (Å²) in [6.45, 7) is 2.16. The molecule has 1 amide bonds. The molecule has 1 aromatic carbocycles. The monoisotopic (exact) mass is 277 g/mol. The minimum absolute atomic E-state index is 0.187. The Morgan fingerprint density at radius 1 is 1.42 bits per heavy atom. The third kappa shape index (κ3) is 3.59. The number of nitrogens with zero attached hydrogens (tertiary/aromatic N) is 2. The average Bonchev–Trinajstić information content (AvgIpc) is 2.86. The quantitative estimate of drug-likeness (QED) is 0.872. The molecule has 5 nitrogen and oxygen atoms in total. The first-order chi connectivity index (χ1) is 9.18. The number of benzene rings is 1. The van der Waals surface area contributed by atoms with Crippen molar-refractivity contribution in [2.24, 2.45) is 0 Å². The zero-order chi connectivity index (χ0) is 13.7. The molecule has 2 N–H and O–H groups in total. The standard InChI is InChI=1S/C13H15N3O2S/c1-9-12(19-16-15-9)13(18)14-8-7-11(17)10-5-3-2-4-6-10/h2-6,11,17H,7-8H2,1H3,(H,14,18)/t11-/m1/s1. The molecule has 19 heavy (non-hydrogen) atoms. The van der Waals surface area contributed by atoms with E-state index in [0.717, 1.165) is 17.1 Å². The largest absolute Gasteiger partial charge is 0.388 e. The summed E-state index contributed by atoms with van der Waals surface area (Å²) in [6.07, 6.45) is -0.0942. The number of hydrogen-bond donors (Lipinski definition) is 2. The molecule has 2 rings (SSSR count). The lowest BCUT2D eigenvalue weighted by molar-refractivity contribution is 0.0946. The molecular weight excluding hydrogens is 262 g/mol. The van der Waals surface area contributed by atoms with Crippen molar-refractivity contribution in [1.82, 2.24) is 14.9 Å². The van der Waals surface area contributed by atoms with Crippen LogP contribution >= 0.6 is 11.5 Å². The Hall–Kier alpha value is -1.79. The van der Waals surface area contributed by atoms with E-state index in [1.807, 2.05) is 30.3 Å². The third-order valence-corrected chi connectivity index (χ3v) is 3.57. The third-order valence-electron chi connectivity index (χ3n) is 2.75. The fraction of sp³-hybridized carbons (Fsp3) is 0.308. The van der Waals surface area contributed by atoms with Crippen LogP contribution in [0.4, 0.5) is 0 Å². The summed E-state index contributed by atoms with van der Waals surface area (Å²) < 4.78 is 3.72. The molecule has 0 spiro atoms. The summed E-state index contributed by atoms with van der Waals surface area (Å²) in [4.78, 5) is 12.3. The number of carbonyl (C=O) groups is 1. The molecule has 1 heterocycles. The van der Waals surface area contributed by atoms with Gasteiger partial charge >= 0.3 is 0 Å². The molecule has 0 saturated heterocycles. The van der Waals surface area contributed by atoms with E-state index >= 15 is 0 Å². The lowest BCUT2D eigenvalue weighted by Crippen LogP contribution is -2.25. The molecule has 0 aliphatic carbocycles. The van der Waals surface area contributed by atoms with Gasteiger partial charge in [-0.3, -0.25) is 4.79 Å². The highest BCUT2D eigenvalue weighted by Gasteiger charge is 2.13. The maximum Gasteiger partial charge on any atom is 0.264 e. The topological polar surface area (TPSA) is 75.1 Å². The van der Waals surface area contributed by atoms with Gasteiger partial charge in [0.05, 0.1) is 11.8 Å². The zero-order valence-electron chi connectivity index (χ0n) is 10.5. The Labute approximate surface area is 115 Å². The van der Waals surface area contributed by atoms with E-state index in [9.17, 15) is 9.90 Å². The van der Waals surface area contributed by atoms with E-state index < -0.39 is 6.10 Å². The summed E-state index contributed by atoms with van der Waals surface area (Å²) in [5, 5.41) is 16.5. The van der Waals surface area contributed by atoms with Crippen LogP contribution < -0.4 is 5.32 Å². The minimum atomic E-state index is -0.567. The highest BCUT2D eigenvalue weighted by atomic mass is 32.1. The van der Waals surface area contributed by atoms with E-state index in [1.165, 1.54) is 0 Å². The number of aliphatic hydroxyl groups excluding tert-OH is 1. The average molecular weight is 277 g/mol. The van der Waals surface area contributed by atoms with Gasteiger partial charge in [0, 0.05) is 6.54 Å². The van der Waals surface area contributed by atoms with Crippen molar-refractivity contribution in [3.8, 4) is 0 Å². The summed E-state index contributed by atoms with van der Waals surface area (Å²) in [5.41, 5.74) is 1.48. The van der Waals surface area contributed by atoms with Gasteiger partial charge in [0.2, 0.25) is 0 Å². The minimum Gasteiger partial charge on any atom is -0.388 e. The van der Waals surface area contributed by atoms with Crippen molar-refractivity contribution in [3.63, 3.8) is 0 Å². The van der Waals surface area contributed by atoms with Gasteiger partial charge in [-0.2, -0.15) is 0 Å². The van der Waals surface area contributed by atoms with Crippen molar-refractivity contribution in [2.75, 3.05) is 6.54 Å². The molecule has 0 radical (unpaired) electrons. The lowest BCUT2D eigenvalue weighted by atomic mass is 10.1. The molecule has 2 aromatic rings. The van der Waals surface area contributed by atoms with Crippen molar-refractivity contribution >= 4 is 17.4 Å². The second-order valence-electron chi connectivity index (χ2n) is 4.16. The van der Waals surface area contributed by atoms with Crippen LogP contribution in [0.5, 0.6) is 0 Å². The second-order valence-corrected chi connectivity index (χ2v) is 4.91. The Morgan fingerprint density at radius 3 is 2.79 bits per heavy atom. The van der Waals surface area contributed by atoms with Crippen LogP contribution in [0.15, 0.2) is 30.3 Å². The SMILES string of the molecule is Cc1nnsc1C(=O)NCC[C@@H](O)c1ccccc1. The molecule has 0 aliphatic heterocycles. The van der Waals surface area contributed by atoms with Gasteiger partial charge in [0.1, 0.15) is 4.88 Å². The maximum atomic E-state index is 11.8. The number of aryl methyl sites for hydroxylation is 1. The van der Waals surface area contributed by atoms with E-state index in [-0.39, 0.29) is 5.91 Å². The van der Waals surface area contributed by atoms with Gasteiger partial charge in [-0.1, -0.05) is 34.8 Å². The van der Waals surface area contributed by atoms with Crippen LogP contribution in [0.1, 0.15) is 33.5 Å². The van der Waals surface area contributed by atoms with Crippen molar-refractivity contribution in [1.29, 1.82) is 0 Å². The molecule has 0 fully saturated rings. The highest BCUT2D eigenvalue weighted by Crippen LogP contribution is 2.15. The Bertz CT molecular complexity index is 542. The number of hydrogen-bond acceptors (Lipinski definition) is 5. The molecule has 1 atom stereocenters. The fourth-order valence-electron chi connectivity index (χ4n) is 1.68. The normalized spacial score (nSPS) is 12.1. The van der Waals surface area contributed by atoms with Gasteiger partial charge in [-0.05, 0) is 30.4 Å². The predicted octanol–water partition coefficient (Wildman–Crippen LogP) is 1.70. The van der Waals surface area contributed by atoms with Gasteiger partial charge in [-0.25, -0.2) is 0 Å². The summed E-state index contributed by atoms with van der Waals surface area (Å²) in [5.74, 6) is -0.187. The molecule has 0 bridgehead atoms. The van der Waals surface area contributed by atoms with E-state index in [0.29, 0.717) is 23.5 Å². The molecule has 100 valence electrons.